The second-order valence-corrected chi connectivity index (χ2v) is 6.45. The van der Waals surface area contributed by atoms with Crippen LogP contribution in [0, 0.1) is 0 Å². The molecule has 5 nitrogen and oxygen atoms in total. The number of carbonyl (C=O) groups excluding carboxylic acids is 1. The van der Waals surface area contributed by atoms with Crippen LogP contribution in [-0.2, 0) is 10.9 Å². The highest BCUT2D eigenvalue weighted by Gasteiger charge is 2.31. The van der Waals surface area contributed by atoms with Crippen LogP contribution >= 0.6 is 0 Å². The van der Waals surface area contributed by atoms with Crippen LogP contribution in [0.15, 0.2) is 23.0 Å². The molecule has 2 heterocycles. The zero-order valence-electron chi connectivity index (χ0n) is 14.1. The van der Waals surface area contributed by atoms with Crippen LogP contribution in [0.3, 0.4) is 0 Å². The molecule has 1 saturated heterocycles. The van der Waals surface area contributed by atoms with Crippen molar-refractivity contribution in [2.75, 3.05) is 13.1 Å². The van der Waals surface area contributed by atoms with Crippen molar-refractivity contribution in [3.63, 3.8) is 0 Å². The zero-order valence-corrected chi connectivity index (χ0v) is 14.1. The highest BCUT2D eigenvalue weighted by molar-refractivity contribution is 5.68. The third-order valence-corrected chi connectivity index (χ3v) is 3.08. The van der Waals surface area contributed by atoms with Crippen molar-refractivity contribution in [3.05, 3.63) is 34.2 Å². The van der Waals surface area contributed by atoms with Gasteiger partial charge >= 0.3 is 12.3 Å². The number of rotatable bonds is 0. The molecule has 1 aliphatic rings. The van der Waals surface area contributed by atoms with Gasteiger partial charge < -0.3 is 14.6 Å². The highest BCUT2D eigenvalue weighted by Crippen LogP contribution is 2.25. The fourth-order valence-electron chi connectivity index (χ4n) is 2.02. The lowest BCUT2D eigenvalue weighted by Crippen LogP contribution is -2.39. The summed E-state index contributed by atoms with van der Waals surface area (Å²) in [4.78, 5) is 25.4. The molecule has 1 fully saturated rings. The maximum absolute atomic E-state index is 11.8. The predicted octanol–water partition coefficient (Wildman–Crippen LogP) is 3.80. The molecular formula is C16H23F3N2O3. The molecule has 0 atom stereocenters. The highest BCUT2D eigenvalue weighted by atomic mass is 19.4. The number of piperidine rings is 1. The molecule has 2 rings (SSSR count). The number of hydrogen-bond acceptors (Lipinski definition) is 3. The minimum absolute atomic E-state index is 0.160. The third kappa shape index (κ3) is 7.52. The molecule has 24 heavy (non-hydrogen) atoms. The molecule has 0 aromatic carbocycles. The van der Waals surface area contributed by atoms with Gasteiger partial charge in [-0.15, -0.1) is 0 Å². The van der Waals surface area contributed by atoms with Crippen LogP contribution < -0.4 is 5.56 Å². The maximum atomic E-state index is 11.8. The van der Waals surface area contributed by atoms with Crippen LogP contribution in [0.2, 0.25) is 0 Å². The monoisotopic (exact) mass is 348 g/mol. The molecule has 0 bridgehead atoms. The van der Waals surface area contributed by atoms with E-state index in [2.05, 4.69) is 0 Å². The first-order chi connectivity index (χ1) is 11.0. The fourth-order valence-corrected chi connectivity index (χ4v) is 2.02. The van der Waals surface area contributed by atoms with E-state index in [1.807, 2.05) is 20.8 Å². The van der Waals surface area contributed by atoms with Gasteiger partial charge in [0.2, 0.25) is 5.56 Å². The first-order valence-corrected chi connectivity index (χ1v) is 7.73. The predicted molar refractivity (Wildman–Crippen MR) is 83.7 cm³/mol. The Bertz CT molecular complexity index is 585. The number of nitrogens with zero attached hydrogens (tertiary/aromatic N) is 1. The summed E-state index contributed by atoms with van der Waals surface area (Å²) in [6.45, 7) is 7.41. The Morgan fingerprint density at radius 1 is 1.12 bits per heavy atom. The summed E-state index contributed by atoms with van der Waals surface area (Å²) >= 11 is 0. The molecule has 1 aromatic heterocycles. The molecule has 1 aromatic rings. The number of hydrogen-bond donors (Lipinski definition) is 1. The first kappa shape index (κ1) is 20.1. The van der Waals surface area contributed by atoms with E-state index in [1.165, 1.54) is 6.42 Å². The number of aromatic nitrogens is 1. The molecule has 0 aliphatic carbocycles. The quantitative estimate of drug-likeness (QED) is 0.776. The van der Waals surface area contributed by atoms with Gasteiger partial charge in [0.05, 0.1) is 0 Å². The first-order valence-electron chi connectivity index (χ1n) is 7.73. The van der Waals surface area contributed by atoms with Gasteiger partial charge in [-0.3, -0.25) is 4.79 Å². The number of H-pyrrole nitrogens is 1. The number of carbonyl (C=O) groups is 1. The number of nitrogens with one attached hydrogen (secondary N) is 1. The SMILES string of the molecule is CC(C)(C)OC(=O)N1CCCCC1.O=c1cccc(C(F)(F)F)[nH]1. The molecule has 8 heteroatoms. The minimum Gasteiger partial charge on any atom is -0.444 e. The lowest BCUT2D eigenvalue weighted by Gasteiger charge is -2.29. The second-order valence-electron chi connectivity index (χ2n) is 6.45. The Balaban J connectivity index is 0.000000243. The third-order valence-electron chi connectivity index (χ3n) is 3.08. The van der Waals surface area contributed by atoms with E-state index in [9.17, 15) is 22.8 Å². The topological polar surface area (TPSA) is 62.4 Å². The standard InChI is InChI=1S/C10H19NO2.C6H4F3NO/c1-10(2,3)13-9(12)11-7-5-4-6-8-11;7-6(8,9)4-2-1-3-5(11)10-4/h4-8H2,1-3H3;1-3H,(H,10,11). The zero-order chi connectivity index (χ0) is 18.4. The minimum atomic E-state index is -4.47. The number of ether oxygens (including phenoxy) is 1. The number of pyridine rings is 1. The van der Waals surface area contributed by atoms with Gasteiger partial charge in [0.25, 0.3) is 0 Å². The molecule has 0 saturated carbocycles. The van der Waals surface area contributed by atoms with Gasteiger partial charge in [-0.25, -0.2) is 4.79 Å². The lowest BCUT2D eigenvalue weighted by atomic mass is 10.1. The Morgan fingerprint density at radius 2 is 1.71 bits per heavy atom. The smallest absolute Gasteiger partial charge is 0.431 e. The molecule has 0 radical (unpaired) electrons. The summed E-state index contributed by atoms with van der Waals surface area (Å²) in [6.07, 6.45) is -1.18. The van der Waals surface area contributed by atoms with E-state index >= 15 is 0 Å². The van der Waals surface area contributed by atoms with Gasteiger partial charge in [0.1, 0.15) is 11.3 Å². The lowest BCUT2D eigenvalue weighted by molar-refractivity contribution is -0.141. The summed E-state index contributed by atoms with van der Waals surface area (Å²) in [5.41, 5.74) is -2.14. The Kier molecular flexibility index (Phi) is 6.86. The second kappa shape index (κ2) is 8.21. The largest absolute Gasteiger partial charge is 0.444 e. The van der Waals surface area contributed by atoms with Gasteiger partial charge in [0.15, 0.2) is 0 Å². The van der Waals surface area contributed by atoms with Crippen molar-refractivity contribution in [1.82, 2.24) is 9.88 Å². The van der Waals surface area contributed by atoms with E-state index in [4.69, 9.17) is 4.74 Å². The van der Waals surface area contributed by atoms with Crippen molar-refractivity contribution in [2.24, 2.45) is 0 Å². The Morgan fingerprint density at radius 3 is 2.12 bits per heavy atom. The van der Waals surface area contributed by atoms with Gasteiger partial charge in [-0.1, -0.05) is 6.07 Å². The van der Waals surface area contributed by atoms with Crippen LogP contribution in [0.1, 0.15) is 45.7 Å². The maximum Gasteiger partial charge on any atom is 0.431 e. The van der Waals surface area contributed by atoms with Gasteiger partial charge in [0, 0.05) is 19.2 Å². The summed E-state index contributed by atoms with van der Waals surface area (Å²) in [5.74, 6) is 0. The van der Waals surface area contributed by atoms with E-state index < -0.39 is 17.4 Å². The average Bonchev–Trinajstić information content (AvgIpc) is 2.46. The van der Waals surface area contributed by atoms with E-state index in [1.54, 1.807) is 9.88 Å². The van der Waals surface area contributed by atoms with Crippen molar-refractivity contribution >= 4 is 6.09 Å². The van der Waals surface area contributed by atoms with Gasteiger partial charge in [-0.2, -0.15) is 13.2 Å². The Labute approximate surface area is 138 Å². The summed E-state index contributed by atoms with van der Waals surface area (Å²) in [6, 6.07) is 2.89. The summed E-state index contributed by atoms with van der Waals surface area (Å²) in [7, 11) is 0. The van der Waals surface area contributed by atoms with Crippen molar-refractivity contribution < 1.29 is 22.7 Å². The molecule has 1 amide bonds. The number of likely N-dealkylation sites (tertiary alicyclic amines) is 1. The number of amides is 1. The summed E-state index contributed by atoms with van der Waals surface area (Å²) in [5, 5.41) is 0. The van der Waals surface area contributed by atoms with E-state index in [-0.39, 0.29) is 11.7 Å². The van der Waals surface area contributed by atoms with Gasteiger partial charge in [-0.05, 0) is 46.1 Å². The van der Waals surface area contributed by atoms with E-state index in [0.717, 1.165) is 44.1 Å². The molecule has 1 aliphatic heterocycles. The van der Waals surface area contributed by atoms with Crippen LogP contribution in [0.4, 0.5) is 18.0 Å². The molecule has 0 unspecified atom stereocenters. The Hall–Kier alpha value is -1.99. The normalized spacial score (nSPS) is 15.3. The molecular weight excluding hydrogens is 325 g/mol. The van der Waals surface area contributed by atoms with Crippen LogP contribution in [-0.4, -0.2) is 34.7 Å². The number of alkyl halides is 3. The van der Waals surface area contributed by atoms with Crippen molar-refractivity contribution in [1.29, 1.82) is 0 Å². The molecule has 1 N–H and O–H groups in total. The van der Waals surface area contributed by atoms with Crippen molar-refractivity contribution in [2.45, 2.75) is 51.8 Å². The fraction of sp³-hybridized carbons (Fsp3) is 0.625. The number of halogens is 3. The van der Waals surface area contributed by atoms with E-state index in [0.29, 0.717) is 0 Å². The summed E-state index contributed by atoms with van der Waals surface area (Å²) < 4.78 is 40.7. The molecule has 136 valence electrons. The molecule has 0 spiro atoms. The average molecular weight is 348 g/mol. The number of aromatic amines is 1. The van der Waals surface area contributed by atoms with Crippen LogP contribution in [0.25, 0.3) is 0 Å². The van der Waals surface area contributed by atoms with Crippen LogP contribution in [0.5, 0.6) is 0 Å². The van der Waals surface area contributed by atoms with Crippen molar-refractivity contribution in [3.8, 4) is 0 Å².